The van der Waals surface area contributed by atoms with Gasteiger partial charge in [-0.25, -0.2) is 9.56 Å². The molecule has 2 aliphatic carbocycles. The molecule has 0 aromatic carbocycles. The molecule has 4 aliphatic rings. The van der Waals surface area contributed by atoms with E-state index in [1.165, 1.54) is 5.57 Å². The third-order valence-corrected chi connectivity index (χ3v) is 8.98. The van der Waals surface area contributed by atoms with E-state index in [2.05, 4.69) is 37.3 Å². The van der Waals surface area contributed by atoms with Gasteiger partial charge in [-0.1, -0.05) is 4.68 Å². The number of pyridine rings is 1. The lowest BCUT2D eigenvalue weighted by molar-refractivity contribution is -0.586. The van der Waals surface area contributed by atoms with Gasteiger partial charge in [0.15, 0.2) is 17.8 Å². The minimum absolute atomic E-state index is 0.00412. The maximum Gasteiger partial charge on any atom is 0.416 e. The van der Waals surface area contributed by atoms with E-state index in [-0.39, 0.29) is 18.4 Å². The summed E-state index contributed by atoms with van der Waals surface area (Å²) in [6.07, 6.45) is 12.9. The summed E-state index contributed by atoms with van der Waals surface area (Å²) >= 11 is 0. The molecule has 2 aliphatic heterocycles. The first-order chi connectivity index (χ1) is 20.3. The van der Waals surface area contributed by atoms with Gasteiger partial charge < -0.3 is 14.0 Å². The molecule has 0 bridgehead atoms. The molecule has 42 heavy (non-hydrogen) atoms. The lowest BCUT2D eigenvalue weighted by atomic mass is 9.78. The summed E-state index contributed by atoms with van der Waals surface area (Å²) in [6, 6.07) is 1.82. The van der Waals surface area contributed by atoms with Crippen molar-refractivity contribution in [2.75, 3.05) is 19.9 Å². The average molecular weight is 586 g/mol. The maximum atomic E-state index is 13.0. The summed E-state index contributed by atoms with van der Waals surface area (Å²) in [5.74, 6) is 2.64. The maximum absolute atomic E-state index is 13.0. The van der Waals surface area contributed by atoms with Crippen LogP contribution in [0, 0.1) is 11.8 Å². The molecule has 6 rings (SSSR count). The lowest BCUT2D eigenvalue weighted by Crippen LogP contribution is -2.32. The zero-order valence-corrected chi connectivity index (χ0v) is 24.0. The van der Waals surface area contributed by atoms with Crippen LogP contribution < -0.4 is 4.74 Å². The first kappa shape index (κ1) is 28.7. The van der Waals surface area contributed by atoms with Crippen molar-refractivity contribution in [2.24, 2.45) is 24.0 Å². The third kappa shape index (κ3) is 6.63. The van der Waals surface area contributed by atoms with Crippen molar-refractivity contribution in [1.82, 2.24) is 19.7 Å². The second kappa shape index (κ2) is 12.4. The fraction of sp³-hybridized carbons (Fsp3) is 0.600. The second-order valence-electron chi connectivity index (χ2n) is 11.7. The van der Waals surface area contributed by atoms with Gasteiger partial charge in [-0.05, 0) is 55.6 Å². The minimum atomic E-state index is -4.45. The topological polar surface area (TPSA) is 80.4 Å². The van der Waals surface area contributed by atoms with Crippen molar-refractivity contribution in [1.29, 1.82) is 0 Å². The van der Waals surface area contributed by atoms with Gasteiger partial charge in [-0.15, -0.1) is 10.2 Å². The summed E-state index contributed by atoms with van der Waals surface area (Å²) in [5.41, 5.74) is 2.04. The van der Waals surface area contributed by atoms with E-state index in [9.17, 15) is 13.2 Å². The highest BCUT2D eigenvalue weighted by Gasteiger charge is 2.33. The zero-order chi connectivity index (χ0) is 29.1. The predicted octanol–water partition coefficient (Wildman–Crippen LogP) is 5.07. The van der Waals surface area contributed by atoms with E-state index in [1.807, 2.05) is 22.5 Å². The molecule has 0 N–H and O–H groups in total. The highest BCUT2D eigenvalue weighted by molar-refractivity contribution is 5.82. The Bertz CT molecular complexity index is 1390. The summed E-state index contributed by atoms with van der Waals surface area (Å²) in [6.45, 7) is 2.76. The second-order valence-corrected chi connectivity index (χ2v) is 11.7. The van der Waals surface area contributed by atoms with Crippen LogP contribution in [0.5, 0.6) is 5.88 Å². The molecule has 9 nitrogen and oxygen atoms in total. The monoisotopic (exact) mass is 585 g/mol. The Balaban J connectivity index is 0.997. The molecule has 0 atom stereocenters. The van der Waals surface area contributed by atoms with Crippen molar-refractivity contribution in [3.05, 3.63) is 47.3 Å². The normalized spacial score (nSPS) is 26.1. The van der Waals surface area contributed by atoms with Gasteiger partial charge in [0.1, 0.15) is 25.2 Å². The quantitative estimate of drug-likeness (QED) is 0.443. The number of hydrogen-bond acceptors (Lipinski definition) is 6. The van der Waals surface area contributed by atoms with Gasteiger partial charge in [-0.3, -0.25) is 0 Å². The molecule has 2 saturated carbocycles. The van der Waals surface area contributed by atoms with E-state index in [1.54, 1.807) is 5.71 Å². The first-order valence-corrected chi connectivity index (χ1v) is 14.9. The molecular formula is C30H38F3N7O2+2. The number of aromatic nitrogens is 4. The molecule has 4 heterocycles. The van der Waals surface area contributed by atoms with Gasteiger partial charge >= 0.3 is 6.18 Å². The van der Waals surface area contributed by atoms with Gasteiger partial charge in [0.2, 0.25) is 18.8 Å². The number of rotatable bonds is 6. The molecule has 0 spiro atoms. The van der Waals surface area contributed by atoms with Crippen molar-refractivity contribution < 1.29 is 31.9 Å². The molecular weight excluding hydrogens is 547 g/mol. The van der Waals surface area contributed by atoms with Gasteiger partial charge in [0.25, 0.3) is 0 Å². The Hall–Kier alpha value is -3.41. The van der Waals surface area contributed by atoms with Crippen LogP contribution in [0.2, 0.25) is 0 Å². The number of halogens is 3. The summed E-state index contributed by atoms with van der Waals surface area (Å²) in [4.78, 5) is 3.89. The Morgan fingerprint density at radius 1 is 1.10 bits per heavy atom. The van der Waals surface area contributed by atoms with Crippen LogP contribution in [0.4, 0.5) is 13.2 Å². The van der Waals surface area contributed by atoms with Crippen LogP contribution in [0.15, 0.2) is 35.2 Å². The van der Waals surface area contributed by atoms with E-state index in [0.717, 1.165) is 102 Å². The number of alkyl halides is 3. The summed E-state index contributed by atoms with van der Waals surface area (Å²) in [5, 5.41) is 13.3. The summed E-state index contributed by atoms with van der Waals surface area (Å²) < 4.78 is 56.4. The minimum Gasteiger partial charge on any atom is -0.469 e. The predicted molar refractivity (Wildman–Crippen MR) is 150 cm³/mol. The fourth-order valence-corrected chi connectivity index (χ4v) is 6.49. The molecule has 0 unspecified atom stereocenters. The fourth-order valence-electron chi connectivity index (χ4n) is 6.49. The highest BCUT2D eigenvalue weighted by Crippen LogP contribution is 2.38. The Labute approximate surface area is 243 Å². The van der Waals surface area contributed by atoms with Crippen LogP contribution in [-0.4, -0.2) is 67.0 Å². The molecule has 224 valence electrons. The molecule has 12 heteroatoms. The zero-order valence-electron chi connectivity index (χ0n) is 24.0. The van der Waals surface area contributed by atoms with E-state index < -0.39 is 11.7 Å². The molecule has 3 fully saturated rings. The first-order valence-electron chi connectivity index (χ1n) is 14.9. The van der Waals surface area contributed by atoms with Crippen LogP contribution in [0.1, 0.15) is 80.9 Å². The van der Waals surface area contributed by atoms with Gasteiger partial charge in [-0.2, -0.15) is 13.2 Å². The van der Waals surface area contributed by atoms with Crippen molar-refractivity contribution in [3.8, 4) is 5.88 Å². The van der Waals surface area contributed by atoms with Crippen LogP contribution in [0.25, 0.3) is 0 Å². The van der Waals surface area contributed by atoms with Crippen LogP contribution >= 0.6 is 0 Å². The van der Waals surface area contributed by atoms with Gasteiger partial charge in [0.05, 0.1) is 12.2 Å². The standard InChI is InChI=1S/C30H38F3N7O2/c1-38-27(19-42-28-15-25(11-12-34-28)30(31,32)33)36-37-29(38)23-7-5-22(6-8-23)24-16-35-40(18-24)17-21-3-9-26(10-4-21)39-13-2-14-41-20-39/h11-12,15-18,21-23H,2-10,13-14,19-20H2,1H3/q+2/b39-26?,40-17+. The molecule has 1 saturated heterocycles. The van der Waals surface area contributed by atoms with E-state index in [0.29, 0.717) is 17.7 Å². The molecule has 2 aromatic heterocycles. The van der Waals surface area contributed by atoms with Crippen molar-refractivity contribution in [3.63, 3.8) is 0 Å². The molecule has 0 radical (unpaired) electrons. The molecule has 2 aromatic rings. The van der Waals surface area contributed by atoms with Crippen molar-refractivity contribution in [2.45, 2.75) is 76.5 Å². The Kier molecular flexibility index (Phi) is 8.50. The number of hydrazone groups is 1. The largest absolute Gasteiger partial charge is 0.469 e. The highest BCUT2D eigenvalue weighted by atomic mass is 19.4. The Morgan fingerprint density at radius 3 is 2.62 bits per heavy atom. The Morgan fingerprint density at radius 2 is 1.88 bits per heavy atom. The number of nitrogens with zero attached hydrogens (tertiary/aromatic N) is 7. The summed E-state index contributed by atoms with van der Waals surface area (Å²) in [7, 11) is 1.88. The van der Waals surface area contributed by atoms with Crippen LogP contribution in [0.3, 0.4) is 0 Å². The average Bonchev–Trinajstić information content (AvgIpc) is 3.63. The van der Waals surface area contributed by atoms with Gasteiger partial charge in [0, 0.05) is 56.0 Å². The van der Waals surface area contributed by atoms with E-state index >= 15 is 0 Å². The van der Waals surface area contributed by atoms with Crippen molar-refractivity contribution >= 4 is 18.1 Å². The lowest BCUT2D eigenvalue weighted by Gasteiger charge is -2.27. The number of ether oxygens (including phenoxy) is 2. The molecule has 0 amide bonds. The van der Waals surface area contributed by atoms with Crippen LogP contribution in [-0.2, 0) is 24.6 Å². The number of hydrogen-bond donors (Lipinski definition) is 0. The third-order valence-electron chi connectivity index (χ3n) is 8.98. The smallest absolute Gasteiger partial charge is 0.416 e. The SMILES string of the molecule is Cn1c(COc2cc(C(F)(F)F)ccn2)nnc1C1CCC(C2=C/[N+](=C\C3CCC(=[N+]4CCCOC4)CC3)N=C2)CC1. The number of allylic oxidation sites excluding steroid dienone is 1. The van der Waals surface area contributed by atoms with E-state index in [4.69, 9.17) is 9.47 Å².